The Labute approximate surface area is 69.0 Å². The van der Waals surface area contributed by atoms with Gasteiger partial charge in [0.05, 0.1) is 6.10 Å². The first kappa shape index (κ1) is 8.58. The molecule has 0 saturated carbocycles. The molecule has 0 aromatic carbocycles. The van der Waals surface area contributed by atoms with Crippen molar-refractivity contribution in [1.29, 1.82) is 0 Å². The average molecular weight is 171 g/mol. The summed E-state index contributed by atoms with van der Waals surface area (Å²) in [6, 6.07) is 0. The predicted octanol–water partition coefficient (Wildman–Crippen LogP) is 1.16. The molecule has 0 aliphatic rings. The average Bonchev–Trinajstić information content (AvgIpc) is 2.34. The Morgan fingerprint density at radius 1 is 1.75 bits per heavy atom. The summed E-state index contributed by atoms with van der Waals surface area (Å²) in [5.74, 6) is -1.13. The second-order valence-electron chi connectivity index (χ2n) is 2.47. The van der Waals surface area contributed by atoms with Crippen molar-refractivity contribution in [2.24, 2.45) is 0 Å². The Kier molecular flexibility index (Phi) is 2.32. The number of hydrogen-bond acceptors (Lipinski definition) is 4. The van der Waals surface area contributed by atoms with Crippen LogP contribution in [-0.4, -0.2) is 22.2 Å². The van der Waals surface area contributed by atoms with Gasteiger partial charge in [0.15, 0.2) is 5.69 Å². The highest BCUT2D eigenvalue weighted by Gasteiger charge is 2.11. The van der Waals surface area contributed by atoms with E-state index < -0.39 is 5.97 Å². The number of aromatic nitrogens is 1. The number of hydrogen-bond donors (Lipinski definition) is 1. The SMILES string of the molecule is CC(C)Oc1nc(C(=O)O)co1. The molecule has 1 aromatic rings. The van der Waals surface area contributed by atoms with Crippen LogP contribution in [0.5, 0.6) is 6.08 Å². The van der Waals surface area contributed by atoms with Gasteiger partial charge in [-0.15, -0.1) is 0 Å². The van der Waals surface area contributed by atoms with Crippen LogP contribution >= 0.6 is 0 Å². The van der Waals surface area contributed by atoms with Crippen LogP contribution in [0.3, 0.4) is 0 Å². The third-order valence-corrected chi connectivity index (χ3v) is 1.04. The lowest BCUT2D eigenvalue weighted by Crippen LogP contribution is -2.06. The Morgan fingerprint density at radius 3 is 2.83 bits per heavy atom. The van der Waals surface area contributed by atoms with Crippen molar-refractivity contribution in [3.05, 3.63) is 12.0 Å². The summed E-state index contributed by atoms with van der Waals surface area (Å²) >= 11 is 0. The van der Waals surface area contributed by atoms with Crippen molar-refractivity contribution in [3.63, 3.8) is 0 Å². The monoisotopic (exact) mass is 171 g/mol. The van der Waals surface area contributed by atoms with E-state index in [1.807, 2.05) is 0 Å². The summed E-state index contributed by atoms with van der Waals surface area (Å²) in [4.78, 5) is 13.9. The minimum Gasteiger partial charge on any atom is -0.476 e. The first-order valence-electron chi connectivity index (χ1n) is 3.45. The predicted molar refractivity (Wildman–Crippen MR) is 39.2 cm³/mol. The minimum atomic E-state index is -1.13. The maximum absolute atomic E-state index is 10.3. The van der Waals surface area contributed by atoms with E-state index in [4.69, 9.17) is 14.3 Å². The lowest BCUT2D eigenvalue weighted by Gasteiger charge is -2.02. The first-order valence-corrected chi connectivity index (χ1v) is 3.45. The number of ether oxygens (including phenoxy) is 1. The molecular weight excluding hydrogens is 162 g/mol. The molecule has 0 bridgehead atoms. The summed E-state index contributed by atoms with van der Waals surface area (Å²) in [6.45, 7) is 3.59. The van der Waals surface area contributed by atoms with E-state index in [-0.39, 0.29) is 17.9 Å². The van der Waals surface area contributed by atoms with Crippen molar-refractivity contribution in [1.82, 2.24) is 4.98 Å². The van der Waals surface area contributed by atoms with Gasteiger partial charge < -0.3 is 14.3 Å². The summed E-state index contributed by atoms with van der Waals surface area (Å²) in [5.41, 5.74) is -0.148. The van der Waals surface area contributed by atoms with Gasteiger partial charge in [-0.3, -0.25) is 0 Å². The molecule has 5 nitrogen and oxygen atoms in total. The lowest BCUT2D eigenvalue weighted by atomic mass is 10.5. The lowest BCUT2D eigenvalue weighted by molar-refractivity contribution is 0.0690. The van der Waals surface area contributed by atoms with Crippen molar-refractivity contribution in [2.45, 2.75) is 20.0 Å². The van der Waals surface area contributed by atoms with E-state index in [1.54, 1.807) is 13.8 Å². The smallest absolute Gasteiger partial charge is 0.394 e. The number of oxazole rings is 1. The second kappa shape index (κ2) is 3.25. The molecule has 0 radical (unpaired) electrons. The van der Waals surface area contributed by atoms with Crippen molar-refractivity contribution in [2.75, 3.05) is 0 Å². The zero-order chi connectivity index (χ0) is 9.14. The van der Waals surface area contributed by atoms with Gasteiger partial charge in [0.25, 0.3) is 0 Å². The normalized spacial score (nSPS) is 10.2. The highest BCUT2D eigenvalue weighted by molar-refractivity contribution is 5.84. The van der Waals surface area contributed by atoms with Crippen molar-refractivity contribution in [3.8, 4) is 6.08 Å². The Bertz CT molecular complexity index is 279. The van der Waals surface area contributed by atoms with E-state index in [0.29, 0.717) is 0 Å². The maximum Gasteiger partial charge on any atom is 0.394 e. The third-order valence-electron chi connectivity index (χ3n) is 1.04. The molecular formula is C7H9NO4. The van der Waals surface area contributed by atoms with Crippen LogP contribution in [0.4, 0.5) is 0 Å². The third kappa shape index (κ3) is 1.98. The molecule has 0 saturated heterocycles. The molecule has 0 aliphatic heterocycles. The van der Waals surface area contributed by atoms with Crippen LogP contribution in [0.2, 0.25) is 0 Å². The molecule has 0 spiro atoms. The molecule has 0 atom stereocenters. The number of carbonyl (C=O) groups is 1. The highest BCUT2D eigenvalue weighted by Crippen LogP contribution is 2.11. The van der Waals surface area contributed by atoms with Gasteiger partial charge in [-0.1, -0.05) is 0 Å². The summed E-state index contributed by atoms with van der Waals surface area (Å²) in [7, 11) is 0. The molecule has 0 unspecified atom stereocenters. The van der Waals surface area contributed by atoms with E-state index >= 15 is 0 Å². The van der Waals surface area contributed by atoms with Gasteiger partial charge in [-0.25, -0.2) is 4.79 Å². The summed E-state index contributed by atoms with van der Waals surface area (Å²) < 4.78 is 9.73. The quantitative estimate of drug-likeness (QED) is 0.738. The number of aromatic carboxylic acids is 1. The topological polar surface area (TPSA) is 72.6 Å². The fourth-order valence-electron chi connectivity index (χ4n) is 0.611. The van der Waals surface area contributed by atoms with Gasteiger partial charge in [-0.2, -0.15) is 4.98 Å². The summed E-state index contributed by atoms with van der Waals surface area (Å²) in [6.07, 6.45) is 0.952. The molecule has 1 heterocycles. The number of nitrogens with zero attached hydrogens (tertiary/aromatic N) is 1. The molecule has 0 amide bonds. The van der Waals surface area contributed by atoms with E-state index in [0.717, 1.165) is 6.26 Å². The molecule has 1 aromatic heterocycles. The minimum absolute atomic E-state index is 0.0117. The maximum atomic E-state index is 10.3. The molecule has 1 N–H and O–H groups in total. The number of rotatable bonds is 3. The largest absolute Gasteiger partial charge is 0.476 e. The van der Waals surface area contributed by atoms with E-state index in [9.17, 15) is 4.79 Å². The van der Waals surface area contributed by atoms with Gasteiger partial charge in [0, 0.05) is 0 Å². The molecule has 5 heteroatoms. The molecule has 66 valence electrons. The molecule has 0 fully saturated rings. The molecule has 12 heavy (non-hydrogen) atoms. The van der Waals surface area contributed by atoms with Crippen LogP contribution in [0.1, 0.15) is 24.3 Å². The van der Waals surface area contributed by atoms with Crippen LogP contribution in [0.25, 0.3) is 0 Å². The standard InChI is InChI=1S/C7H9NO4/c1-4(2)12-7-8-5(3-11-7)6(9)10/h3-4H,1-2H3,(H,9,10). The zero-order valence-corrected chi connectivity index (χ0v) is 6.77. The molecule has 1 rings (SSSR count). The van der Waals surface area contributed by atoms with E-state index in [2.05, 4.69) is 4.98 Å². The zero-order valence-electron chi connectivity index (χ0n) is 6.77. The van der Waals surface area contributed by atoms with Crippen LogP contribution in [0, 0.1) is 0 Å². The van der Waals surface area contributed by atoms with Crippen molar-refractivity contribution < 1.29 is 19.1 Å². The van der Waals surface area contributed by atoms with Crippen LogP contribution in [-0.2, 0) is 0 Å². The fourth-order valence-corrected chi connectivity index (χ4v) is 0.611. The van der Waals surface area contributed by atoms with Gasteiger partial charge in [-0.05, 0) is 13.8 Å². The first-order chi connectivity index (χ1) is 5.59. The van der Waals surface area contributed by atoms with Gasteiger partial charge in [0.1, 0.15) is 6.26 Å². The Balaban J connectivity index is 2.71. The second-order valence-corrected chi connectivity index (χ2v) is 2.47. The van der Waals surface area contributed by atoms with Crippen LogP contribution < -0.4 is 4.74 Å². The summed E-state index contributed by atoms with van der Waals surface area (Å²) in [5, 5.41) is 8.45. The Morgan fingerprint density at radius 2 is 2.42 bits per heavy atom. The van der Waals surface area contributed by atoms with Gasteiger partial charge in [0.2, 0.25) is 0 Å². The number of carboxylic acid groups (broad SMARTS) is 1. The van der Waals surface area contributed by atoms with Crippen molar-refractivity contribution >= 4 is 5.97 Å². The number of carboxylic acids is 1. The van der Waals surface area contributed by atoms with E-state index in [1.165, 1.54) is 0 Å². The highest BCUT2D eigenvalue weighted by atomic mass is 16.6. The fraction of sp³-hybridized carbons (Fsp3) is 0.429. The van der Waals surface area contributed by atoms with Gasteiger partial charge >= 0.3 is 12.0 Å². The Hall–Kier alpha value is -1.52. The molecule has 0 aliphatic carbocycles. The van der Waals surface area contributed by atoms with Crippen LogP contribution in [0.15, 0.2) is 10.7 Å².